The number of carbonyl (C=O) groups excluding carboxylic acids is 1. The van der Waals surface area contributed by atoms with Gasteiger partial charge in [-0.15, -0.1) is 0 Å². The summed E-state index contributed by atoms with van der Waals surface area (Å²) < 4.78 is 5.03. The second-order valence-corrected chi connectivity index (χ2v) is 7.27. The highest BCUT2D eigenvalue weighted by atomic mass is 16.5. The zero-order valence-corrected chi connectivity index (χ0v) is 15.1. The Balaban J connectivity index is 1.96. The first kappa shape index (κ1) is 17.4. The molecule has 1 unspecified atom stereocenters. The molecule has 1 aliphatic rings. The van der Waals surface area contributed by atoms with Crippen molar-refractivity contribution >= 4 is 11.7 Å². The molecule has 25 heavy (non-hydrogen) atoms. The van der Waals surface area contributed by atoms with E-state index in [9.17, 15) is 4.79 Å². The summed E-state index contributed by atoms with van der Waals surface area (Å²) in [4.78, 5) is 17.1. The van der Waals surface area contributed by atoms with Crippen LogP contribution in [0.2, 0.25) is 0 Å². The minimum Gasteiger partial charge on any atom is -0.469 e. The zero-order chi connectivity index (χ0) is 17.9. The molecule has 0 fully saturated rings. The van der Waals surface area contributed by atoms with Crippen molar-refractivity contribution in [3.05, 3.63) is 71.8 Å². The number of esters is 1. The average molecular weight is 335 g/mol. The number of rotatable bonds is 5. The van der Waals surface area contributed by atoms with Gasteiger partial charge >= 0.3 is 5.97 Å². The summed E-state index contributed by atoms with van der Waals surface area (Å²) in [5, 5.41) is 0. The second-order valence-electron chi connectivity index (χ2n) is 7.27. The van der Waals surface area contributed by atoms with Crippen LogP contribution in [0.1, 0.15) is 43.7 Å². The van der Waals surface area contributed by atoms with Crippen LogP contribution in [0.3, 0.4) is 0 Å². The second kappa shape index (κ2) is 7.22. The molecular weight excluding hydrogens is 310 g/mol. The van der Waals surface area contributed by atoms with Crippen LogP contribution in [0.4, 0.5) is 0 Å². The van der Waals surface area contributed by atoms with Crippen LogP contribution in [-0.2, 0) is 9.53 Å². The number of benzene rings is 2. The van der Waals surface area contributed by atoms with Crippen LogP contribution in [0.25, 0.3) is 0 Å². The molecule has 0 amide bonds. The predicted octanol–water partition coefficient (Wildman–Crippen LogP) is 4.62. The summed E-state index contributed by atoms with van der Waals surface area (Å²) in [7, 11) is 1.46. The van der Waals surface area contributed by atoms with Gasteiger partial charge < -0.3 is 4.74 Å². The van der Waals surface area contributed by atoms with Gasteiger partial charge in [0.05, 0.1) is 18.6 Å². The lowest BCUT2D eigenvalue weighted by molar-refractivity contribution is -0.143. The average Bonchev–Trinajstić information content (AvgIpc) is 2.95. The van der Waals surface area contributed by atoms with Crippen molar-refractivity contribution in [3.63, 3.8) is 0 Å². The van der Waals surface area contributed by atoms with Crippen LogP contribution in [0.15, 0.2) is 65.7 Å². The summed E-state index contributed by atoms with van der Waals surface area (Å²) in [6.45, 7) is 4.16. The topological polar surface area (TPSA) is 38.7 Å². The molecule has 0 aromatic heterocycles. The smallest absolute Gasteiger partial charge is 0.314 e. The van der Waals surface area contributed by atoms with E-state index in [1.54, 1.807) is 0 Å². The molecule has 2 aromatic carbocycles. The minimum absolute atomic E-state index is 0.177. The molecule has 0 saturated heterocycles. The molecular formula is C22H25NO2. The Morgan fingerprint density at radius 1 is 1.08 bits per heavy atom. The Bertz CT molecular complexity index is 711. The van der Waals surface area contributed by atoms with Crippen molar-refractivity contribution in [1.82, 2.24) is 0 Å². The molecule has 0 N–H and O–H groups in total. The monoisotopic (exact) mass is 335 g/mol. The third-order valence-electron chi connectivity index (χ3n) is 4.86. The highest BCUT2D eigenvalue weighted by molar-refractivity contribution is 6.04. The van der Waals surface area contributed by atoms with E-state index >= 15 is 0 Å². The number of hydrogen-bond acceptors (Lipinski definition) is 3. The van der Waals surface area contributed by atoms with Gasteiger partial charge in [0, 0.05) is 11.6 Å². The van der Waals surface area contributed by atoms with Crippen LogP contribution < -0.4 is 0 Å². The first-order chi connectivity index (χ1) is 12.0. The number of carbonyl (C=O) groups is 1. The largest absolute Gasteiger partial charge is 0.469 e. The Labute approximate surface area is 149 Å². The molecule has 3 nitrogen and oxygen atoms in total. The molecule has 1 atom stereocenters. The first-order valence-corrected chi connectivity index (χ1v) is 8.76. The van der Waals surface area contributed by atoms with Crippen molar-refractivity contribution in [1.29, 1.82) is 0 Å². The fourth-order valence-electron chi connectivity index (χ4n) is 3.69. The SMILES string of the molecule is COC(=O)C1CC(C)(C)N=C1CC(c1ccccc1)c1ccccc1. The van der Waals surface area contributed by atoms with E-state index in [1.165, 1.54) is 18.2 Å². The third kappa shape index (κ3) is 3.98. The Hall–Kier alpha value is -2.42. The lowest BCUT2D eigenvalue weighted by atomic mass is 9.83. The van der Waals surface area contributed by atoms with Crippen LogP contribution >= 0.6 is 0 Å². The fraction of sp³-hybridized carbons (Fsp3) is 0.364. The van der Waals surface area contributed by atoms with Gasteiger partial charge in [-0.25, -0.2) is 0 Å². The Morgan fingerprint density at radius 3 is 2.08 bits per heavy atom. The van der Waals surface area contributed by atoms with Crippen molar-refractivity contribution in [2.45, 2.75) is 38.1 Å². The number of methoxy groups -OCH3 is 1. The van der Waals surface area contributed by atoms with E-state index in [0.29, 0.717) is 6.42 Å². The normalized spacial score (nSPS) is 18.9. The quantitative estimate of drug-likeness (QED) is 0.748. The first-order valence-electron chi connectivity index (χ1n) is 8.76. The number of hydrogen-bond donors (Lipinski definition) is 0. The molecule has 0 saturated carbocycles. The Morgan fingerprint density at radius 2 is 1.60 bits per heavy atom. The van der Waals surface area contributed by atoms with Gasteiger partial charge in [0.1, 0.15) is 0 Å². The van der Waals surface area contributed by atoms with Gasteiger partial charge in [-0.3, -0.25) is 9.79 Å². The van der Waals surface area contributed by atoms with E-state index in [2.05, 4.69) is 62.4 Å². The van der Waals surface area contributed by atoms with Crippen molar-refractivity contribution in [3.8, 4) is 0 Å². The summed E-state index contributed by atoms with van der Waals surface area (Å²) in [6.07, 6.45) is 1.45. The van der Waals surface area contributed by atoms with Gasteiger partial charge in [-0.05, 0) is 37.8 Å². The number of nitrogens with zero attached hydrogens (tertiary/aromatic N) is 1. The maximum Gasteiger partial charge on any atom is 0.314 e. The Kier molecular flexibility index (Phi) is 5.03. The maximum atomic E-state index is 12.3. The number of aliphatic imine (C=N–C) groups is 1. The highest BCUT2D eigenvalue weighted by Crippen LogP contribution is 2.37. The lowest BCUT2D eigenvalue weighted by Gasteiger charge is -2.20. The standard InChI is InChI=1S/C22H25NO2/c1-22(2)15-19(21(24)25-3)20(23-22)14-18(16-10-6-4-7-11-16)17-12-8-5-9-13-17/h4-13,18-19H,14-15H2,1-3H3. The molecule has 130 valence electrons. The van der Waals surface area contributed by atoms with E-state index in [4.69, 9.17) is 9.73 Å². The molecule has 1 heterocycles. The van der Waals surface area contributed by atoms with Crippen LogP contribution in [0, 0.1) is 5.92 Å². The molecule has 0 aliphatic carbocycles. The molecule has 0 bridgehead atoms. The van der Waals surface area contributed by atoms with Gasteiger partial charge in [0.15, 0.2) is 0 Å². The van der Waals surface area contributed by atoms with Crippen molar-refractivity contribution in [2.24, 2.45) is 10.9 Å². The van der Waals surface area contributed by atoms with Gasteiger partial charge in [-0.2, -0.15) is 0 Å². The summed E-state index contributed by atoms with van der Waals surface area (Å²) >= 11 is 0. The summed E-state index contributed by atoms with van der Waals surface area (Å²) in [5.74, 6) is -0.235. The maximum absolute atomic E-state index is 12.3. The minimum atomic E-state index is -0.241. The van der Waals surface area contributed by atoms with Crippen molar-refractivity contribution in [2.75, 3.05) is 7.11 Å². The van der Waals surface area contributed by atoms with Crippen molar-refractivity contribution < 1.29 is 9.53 Å². The summed E-state index contributed by atoms with van der Waals surface area (Å²) in [5.41, 5.74) is 3.22. The van der Waals surface area contributed by atoms with Gasteiger partial charge in [-0.1, -0.05) is 60.7 Å². The highest BCUT2D eigenvalue weighted by Gasteiger charge is 2.39. The molecule has 3 rings (SSSR count). The van der Waals surface area contributed by atoms with Gasteiger partial charge in [0.2, 0.25) is 0 Å². The van der Waals surface area contributed by atoms with Crippen LogP contribution in [-0.4, -0.2) is 24.3 Å². The number of ether oxygens (including phenoxy) is 1. The fourth-order valence-corrected chi connectivity index (χ4v) is 3.69. The van der Waals surface area contributed by atoms with E-state index in [1.807, 2.05) is 12.1 Å². The summed E-state index contributed by atoms with van der Waals surface area (Å²) in [6, 6.07) is 20.9. The van der Waals surface area contributed by atoms with E-state index < -0.39 is 0 Å². The molecule has 1 aliphatic heterocycles. The third-order valence-corrected chi connectivity index (χ3v) is 4.86. The lowest BCUT2D eigenvalue weighted by Crippen LogP contribution is -2.25. The molecule has 2 aromatic rings. The van der Waals surface area contributed by atoms with Gasteiger partial charge in [0.25, 0.3) is 0 Å². The van der Waals surface area contributed by atoms with E-state index in [0.717, 1.165) is 12.1 Å². The molecule has 3 heteroatoms. The molecule has 0 spiro atoms. The zero-order valence-electron chi connectivity index (χ0n) is 15.1. The predicted molar refractivity (Wildman–Crippen MR) is 101 cm³/mol. The van der Waals surface area contributed by atoms with E-state index in [-0.39, 0.29) is 23.3 Å². The molecule has 0 radical (unpaired) electrons. The van der Waals surface area contributed by atoms with Crippen LogP contribution in [0.5, 0.6) is 0 Å².